The number of carbonyl (C=O) groups is 2. The summed E-state index contributed by atoms with van der Waals surface area (Å²) in [7, 11) is -9.82. The fraction of sp³-hybridized carbons (Fsp3) is 0.826. The molecule has 18 heteroatoms. The zero-order chi connectivity index (χ0) is 47.3. The number of benzene rings is 1. The Morgan fingerprint density at radius 1 is 0.688 bits per heavy atom. The maximum atomic E-state index is 13.6. The highest BCUT2D eigenvalue weighted by atomic mass is 32.3. The number of carbonyl (C=O) groups excluding carboxylic acids is 2. The molecule has 0 radical (unpaired) electrons. The van der Waals surface area contributed by atoms with E-state index in [1.165, 1.54) is 64.2 Å². The summed E-state index contributed by atoms with van der Waals surface area (Å²) in [4.78, 5) is 23.3. The Kier molecular flexibility index (Phi) is 28.9. The number of nitrogens with one attached hydrogen (secondary N) is 1. The SMILES string of the molecule is CCCCCCCCCCCCCC(=O)N[C@H]1[C@@H](OC)O[C@H](COS(=O)(=O)O)[C@](O)(S(=O)(=O)O)[C@@H]1OC(=O)CCc1ccc(OCCCCCCCC)c(OCCCCCCCC)c1. The molecule has 1 aromatic rings. The third-order valence-electron chi connectivity index (χ3n) is 11.5. The Morgan fingerprint density at radius 2 is 1.17 bits per heavy atom. The molecule has 0 spiro atoms. The van der Waals surface area contributed by atoms with Crippen LogP contribution >= 0.6 is 0 Å². The van der Waals surface area contributed by atoms with Crippen molar-refractivity contribution in [2.24, 2.45) is 0 Å². The molecular formula is C46H81NO15S2. The third kappa shape index (κ3) is 22.3. The minimum atomic E-state index is -5.73. The van der Waals surface area contributed by atoms with Gasteiger partial charge >= 0.3 is 26.5 Å². The van der Waals surface area contributed by atoms with Crippen LogP contribution in [0.3, 0.4) is 0 Å². The van der Waals surface area contributed by atoms with E-state index in [4.69, 9.17) is 23.7 Å². The fourth-order valence-corrected chi connectivity index (χ4v) is 9.01. The minimum Gasteiger partial charge on any atom is -0.490 e. The molecule has 0 bridgehead atoms. The summed E-state index contributed by atoms with van der Waals surface area (Å²) < 4.78 is 102. The van der Waals surface area contributed by atoms with Crippen molar-refractivity contribution in [1.29, 1.82) is 0 Å². The molecule has 1 fully saturated rings. The van der Waals surface area contributed by atoms with Crippen molar-refractivity contribution in [1.82, 2.24) is 5.32 Å². The molecule has 2 rings (SSSR count). The number of aliphatic hydroxyl groups is 1. The molecule has 0 aromatic heterocycles. The lowest BCUT2D eigenvalue weighted by Crippen LogP contribution is -2.74. The van der Waals surface area contributed by atoms with Crippen molar-refractivity contribution in [2.75, 3.05) is 26.9 Å². The first-order valence-corrected chi connectivity index (χ1v) is 26.8. The van der Waals surface area contributed by atoms with E-state index in [1.54, 1.807) is 18.2 Å². The second-order valence-electron chi connectivity index (χ2n) is 17.0. The van der Waals surface area contributed by atoms with E-state index in [0.717, 1.165) is 84.2 Å². The zero-order valence-electron chi connectivity index (χ0n) is 39.1. The van der Waals surface area contributed by atoms with E-state index in [-0.39, 0.29) is 19.3 Å². The summed E-state index contributed by atoms with van der Waals surface area (Å²) in [6.07, 6.45) is 18.2. The van der Waals surface area contributed by atoms with Crippen LogP contribution in [0, 0.1) is 0 Å². The van der Waals surface area contributed by atoms with Gasteiger partial charge in [0.05, 0.1) is 19.8 Å². The molecule has 1 aliphatic rings. The molecule has 0 unspecified atom stereocenters. The number of esters is 1. The van der Waals surface area contributed by atoms with Crippen molar-refractivity contribution in [3.05, 3.63) is 23.8 Å². The Hall–Kier alpha value is -2.58. The van der Waals surface area contributed by atoms with Crippen LogP contribution in [0.5, 0.6) is 11.5 Å². The molecule has 1 heterocycles. The number of rotatable bonds is 38. The molecular weight excluding hydrogens is 871 g/mol. The number of ether oxygens (including phenoxy) is 5. The minimum absolute atomic E-state index is 0.00779. The van der Waals surface area contributed by atoms with Crippen molar-refractivity contribution >= 4 is 32.4 Å². The van der Waals surface area contributed by atoms with Crippen LogP contribution in [-0.4, -0.2) is 99.3 Å². The van der Waals surface area contributed by atoms with Gasteiger partial charge in [-0.15, -0.1) is 0 Å². The van der Waals surface area contributed by atoms with Gasteiger partial charge in [0.15, 0.2) is 23.9 Å². The Balaban J connectivity index is 2.24. The lowest BCUT2D eigenvalue weighted by atomic mass is 9.95. The third-order valence-corrected chi connectivity index (χ3v) is 13.3. The number of hydrogen-bond donors (Lipinski definition) is 4. The number of unbranched alkanes of at least 4 members (excludes halogenated alkanes) is 20. The quantitative estimate of drug-likeness (QED) is 0.0275. The normalized spacial score (nSPS) is 20.2. The summed E-state index contributed by atoms with van der Waals surface area (Å²) in [6.45, 7) is 6.17. The number of amides is 1. The maximum absolute atomic E-state index is 13.6. The topological polar surface area (TPSA) is 231 Å². The van der Waals surface area contributed by atoms with Crippen LogP contribution < -0.4 is 14.8 Å². The predicted octanol–water partition coefficient (Wildman–Crippen LogP) is 8.96. The van der Waals surface area contributed by atoms with Crippen LogP contribution in [-0.2, 0) is 54.9 Å². The van der Waals surface area contributed by atoms with Gasteiger partial charge in [-0.05, 0) is 43.4 Å². The first-order valence-electron chi connectivity index (χ1n) is 24.0. The Bertz CT molecular complexity index is 1660. The van der Waals surface area contributed by atoms with Gasteiger partial charge in [-0.2, -0.15) is 16.8 Å². The van der Waals surface area contributed by atoms with Crippen molar-refractivity contribution in [3.8, 4) is 11.5 Å². The number of aryl methyl sites for hydroxylation is 1. The number of methoxy groups -OCH3 is 1. The largest absolute Gasteiger partial charge is 0.490 e. The van der Waals surface area contributed by atoms with Crippen LogP contribution in [0.2, 0.25) is 0 Å². The van der Waals surface area contributed by atoms with Gasteiger partial charge in [-0.25, -0.2) is 4.18 Å². The van der Waals surface area contributed by atoms with Gasteiger partial charge in [0.25, 0.3) is 4.93 Å². The predicted molar refractivity (Wildman–Crippen MR) is 245 cm³/mol. The van der Waals surface area contributed by atoms with Gasteiger partial charge in [-0.1, -0.05) is 155 Å². The smallest absolute Gasteiger partial charge is 0.397 e. The molecule has 16 nitrogen and oxygen atoms in total. The highest BCUT2D eigenvalue weighted by Gasteiger charge is 2.66. The highest BCUT2D eigenvalue weighted by Crippen LogP contribution is 2.38. The van der Waals surface area contributed by atoms with Crippen LogP contribution in [0.15, 0.2) is 18.2 Å². The van der Waals surface area contributed by atoms with Gasteiger partial charge in [-0.3, -0.25) is 18.7 Å². The van der Waals surface area contributed by atoms with E-state index in [9.17, 15) is 40.6 Å². The van der Waals surface area contributed by atoms with Gasteiger partial charge in [0, 0.05) is 20.0 Å². The monoisotopic (exact) mass is 952 g/mol. The lowest BCUT2D eigenvalue weighted by molar-refractivity contribution is -0.278. The van der Waals surface area contributed by atoms with Crippen molar-refractivity contribution < 1.29 is 68.5 Å². The zero-order valence-corrected chi connectivity index (χ0v) is 40.7. The molecule has 1 aliphatic heterocycles. The van der Waals surface area contributed by atoms with E-state index in [0.29, 0.717) is 36.7 Å². The van der Waals surface area contributed by atoms with Crippen LogP contribution in [0.25, 0.3) is 0 Å². The second kappa shape index (κ2) is 32.2. The van der Waals surface area contributed by atoms with Crippen molar-refractivity contribution in [3.63, 3.8) is 0 Å². The number of hydrogen-bond acceptors (Lipinski definition) is 13. The molecule has 64 heavy (non-hydrogen) atoms. The molecule has 4 N–H and O–H groups in total. The van der Waals surface area contributed by atoms with E-state index in [2.05, 4.69) is 30.3 Å². The summed E-state index contributed by atoms with van der Waals surface area (Å²) in [6, 6.07) is 3.60. The lowest BCUT2D eigenvalue weighted by Gasteiger charge is -2.48. The second-order valence-corrected chi connectivity index (χ2v) is 19.7. The first-order chi connectivity index (χ1) is 30.6. The molecule has 1 saturated heterocycles. The summed E-state index contributed by atoms with van der Waals surface area (Å²) >= 11 is 0. The van der Waals surface area contributed by atoms with Crippen LogP contribution in [0.1, 0.15) is 187 Å². The van der Waals surface area contributed by atoms with E-state index in [1.807, 2.05) is 0 Å². The van der Waals surface area contributed by atoms with E-state index < -0.39 is 68.5 Å². The molecule has 1 aromatic carbocycles. The van der Waals surface area contributed by atoms with E-state index >= 15 is 0 Å². The van der Waals surface area contributed by atoms with Crippen LogP contribution in [0.4, 0.5) is 0 Å². The maximum Gasteiger partial charge on any atom is 0.397 e. The summed E-state index contributed by atoms with van der Waals surface area (Å²) in [5.41, 5.74) is 0.657. The van der Waals surface area contributed by atoms with Gasteiger partial charge in [0.2, 0.25) is 5.91 Å². The highest BCUT2D eigenvalue weighted by molar-refractivity contribution is 7.87. The average Bonchev–Trinajstić information content (AvgIpc) is 3.24. The fourth-order valence-electron chi connectivity index (χ4n) is 7.77. The molecule has 5 atom stereocenters. The van der Waals surface area contributed by atoms with Gasteiger partial charge < -0.3 is 34.1 Å². The summed E-state index contributed by atoms with van der Waals surface area (Å²) in [5, 5.41) is 14.3. The molecule has 0 saturated carbocycles. The molecule has 372 valence electrons. The standard InChI is InChI=1S/C46H81NO15S2/c1-5-8-11-14-17-18-19-20-21-22-25-28-41(48)47-43-44(46(50,63(51,52)53)40(61-45(43)57-4)36-60-64(54,55)56)62-42(49)32-30-37-29-31-38(58-33-26-23-15-12-9-6-2)39(35-37)59-34-27-24-16-13-10-7-3/h29,31,35,40,43-45,50H,5-28,30,32-34,36H2,1-4H3,(H,47,48)(H,51,52,53)(H,54,55,56)/t40-,43-,44-,45+,46+/m1/s1. The Labute approximate surface area is 384 Å². The molecule has 1 amide bonds. The molecule has 0 aliphatic carbocycles. The first kappa shape index (κ1) is 57.5. The van der Waals surface area contributed by atoms with Crippen molar-refractivity contribution in [2.45, 2.75) is 217 Å². The average molecular weight is 952 g/mol. The van der Waals surface area contributed by atoms with Gasteiger partial charge in [0.1, 0.15) is 12.1 Å². The summed E-state index contributed by atoms with van der Waals surface area (Å²) in [5.74, 6) is -0.561. The Morgan fingerprint density at radius 3 is 1.66 bits per heavy atom.